The predicted molar refractivity (Wildman–Crippen MR) is 194 cm³/mol. The van der Waals surface area contributed by atoms with Crippen molar-refractivity contribution in [1.82, 2.24) is 0 Å². The van der Waals surface area contributed by atoms with Gasteiger partial charge in [0.05, 0.1) is 12.7 Å². The van der Waals surface area contributed by atoms with Crippen LogP contribution in [0.25, 0.3) is 39.1 Å². The van der Waals surface area contributed by atoms with Crippen molar-refractivity contribution in [2.24, 2.45) is 0 Å². The fourth-order valence-corrected chi connectivity index (χ4v) is 8.86. The van der Waals surface area contributed by atoms with Crippen LogP contribution < -0.4 is 9.47 Å². The second-order valence-electron chi connectivity index (χ2n) is 14.8. The number of hydrogen-bond acceptors (Lipinski definition) is 2. The minimum absolute atomic E-state index is 0.210. The van der Waals surface area contributed by atoms with Crippen LogP contribution in [0.4, 0.5) is 13.2 Å². The smallest absolute Gasteiger partial charge is 0.416 e. The summed E-state index contributed by atoms with van der Waals surface area (Å²) in [5, 5.41) is 1.87. The lowest BCUT2D eigenvalue weighted by atomic mass is 9.75. The van der Waals surface area contributed by atoms with E-state index in [1.807, 2.05) is 38.1 Å². The number of benzene rings is 6. The quantitative estimate of drug-likeness (QED) is 0.187. The minimum Gasteiger partial charge on any atom is -0.497 e. The Morgan fingerprint density at radius 3 is 2.00 bits per heavy atom. The van der Waals surface area contributed by atoms with Gasteiger partial charge in [-0.3, -0.25) is 0 Å². The molecule has 0 bridgehead atoms. The second-order valence-corrected chi connectivity index (χ2v) is 14.8. The first-order valence-electron chi connectivity index (χ1n) is 17.0. The molecule has 248 valence electrons. The van der Waals surface area contributed by atoms with Crippen molar-refractivity contribution in [3.63, 3.8) is 0 Å². The number of methoxy groups -OCH3 is 1. The molecule has 2 aliphatic carbocycles. The van der Waals surface area contributed by atoms with Crippen LogP contribution in [0.1, 0.15) is 72.2 Å². The molecule has 0 N–H and O–H groups in total. The molecule has 0 fully saturated rings. The summed E-state index contributed by atoms with van der Waals surface area (Å²) in [4.78, 5) is 0. The molecule has 0 spiro atoms. The normalized spacial score (nSPS) is 18.9. The summed E-state index contributed by atoms with van der Waals surface area (Å²) in [5.74, 6) is 1.47. The predicted octanol–water partition coefficient (Wildman–Crippen LogP) is 11.8. The molecule has 6 aromatic rings. The first-order chi connectivity index (χ1) is 23.9. The van der Waals surface area contributed by atoms with E-state index >= 15 is 0 Å². The van der Waals surface area contributed by atoms with Gasteiger partial charge < -0.3 is 9.47 Å². The van der Waals surface area contributed by atoms with Gasteiger partial charge in [-0.15, -0.1) is 0 Å². The average Bonchev–Trinajstić information content (AvgIpc) is 3.50. The molecule has 3 aliphatic rings. The molecule has 0 radical (unpaired) electrons. The highest BCUT2D eigenvalue weighted by Gasteiger charge is 2.46. The van der Waals surface area contributed by atoms with Crippen LogP contribution in [0.15, 0.2) is 115 Å². The summed E-state index contributed by atoms with van der Waals surface area (Å²) in [6.45, 7) is 8.59. The van der Waals surface area contributed by atoms with Crippen LogP contribution in [0.2, 0.25) is 0 Å². The molecule has 0 amide bonds. The Balaban J connectivity index is 1.30. The summed E-state index contributed by atoms with van der Waals surface area (Å²) >= 11 is 0. The van der Waals surface area contributed by atoms with Gasteiger partial charge in [0.1, 0.15) is 11.5 Å². The van der Waals surface area contributed by atoms with E-state index in [1.54, 1.807) is 13.2 Å². The van der Waals surface area contributed by atoms with E-state index in [2.05, 4.69) is 92.7 Å². The highest BCUT2D eigenvalue weighted by molar-refractivity contribution is 6.08. The second kappa shape index (κ2) is 10.1. The van der Waals surface area contributed by atoms with Gasteiger partial charge in [-0.25, -0.2) is 0 Å². The third-order valence-electron chi connectivity index (χ3n) is 11.4. The molecule has 5 heteroatoms. The molecule has 1 heterocycles. The fraction of sp³-hybridized carbons (Fsp3) is 0.200. The average molecular weight is 665 g/mol. The van der Waals surface area contributed by atoms with E-state index in [0.29, 0.717) is 5.56 Å². The Morgan fingerprint density at radius 2 is 1.26 bits per heavy atom. The molecular weight excluding hydrogens is 629 g/mol. The van der Waals surface area contributed by atoms with Crippen LogP contribution >= 0.6 is 0 Å². The Bertz CT molecular complexity index is 2430. The zero-order valence-corrected chi connectivity index (χ0v) is 28.5. The fourth-order valence-electron chi connectivity index (χ4n) is 8.86. The third kappa shape index (κ3) is 4.03. The Morgan fingerprint density at radius 1 is 0.620 bits per heavy atom. The summed E-state index contributed by atoms with van der Waals surface area (Å²) in [7, 11) is 1.66. The van der Waals surface area contributed by atoms with Crippen molar-refractivity contribution >= 4 is 16.8 Å². The summed E-state index contributed by atoms with van der Waals surface area (Å²) in [5.41, 5.74) is 8.72. The van der Waals surface area contributed by atoms with Gasteiger partial charge in [-0.1, -0.05) is 113 Å². The SMILES string of the molecule is COc1ccc(C2(c3ccc4c(c3)C(C)(C)c3ccccc3-4)C=Cc3c4c(c5ccccc5c3O2)-c2ccc(C(F)(F)F)cc2C4(C)C)cc1. The van der Waals surface area contributed by atoms with Crippen LogP contribution in [0.3, 0.4) is 0 Å². The molecular formula is C45H35F3O2. The van der Waals surface area contributed by atoms with E-state index in [9.17, 15) is 13.2 Å². The van der Waals surface area contributed by atoms with Gasteiger partial charge in [0.15, 0.2) is 5.60 Å². The maximum absolute atomic E-state index is 14.0. The first kappa shape index (κ1) is 30.7. The van der Waals surface area contributed by atoms with Crippen molar-refractivity contribution in [2.75, 3.05) is 7.11 Å². The minimum atomic E-state index is -4.44. The van der Waals surface area contributed by atoms with E-state index < -0.39 is 22.8 Å². The van der Waals surface area contributed by atoms with E-state index in [1.165, 1.54) is 34.4 Å². The molecule has 2 nitrogen and oxygen atoms in total. The van der Waals surface area contributed by atoms with Crippen LogP contribution in [0.5, 0.6) is 11.5 Å². The van der Waals surface area contributed by atoms with Crippen LogP contribution in [0, 0.1) is 0 Å². The number of fused-ring (bicyclic) bond motifs is 11. The van der Waals surface area contributed by atoms with Gasteiger partial charge in [0.25, 0.3) is 0 Å². The lowest BCUT2D eigenvalue weighted by Crippen LogP contribution is -2.35. The lowest BCUT2D eigenvalue weighted by molar-refractivity contribution is -0.137. The van der Waals surface area contributed by atoms with E-state index in [0.717, 1.165) is 55.7 Å². The van der Waals surface area contributed by atoms with Gasteiger partial charge in [-0.2, -0.15) is 13.2 Å². The largest absolute Gasteiger partial charge is 0.497 e. The molecule has 50 heavy (non-hydrogen) atoms. The molecule has 9 rings (SSSR count). The molecule has 0 saturated carbocycles. The van der Waals surface area contributed by atoms with Gasteiger partial charge in [-0.05, 0) is 86.3 Å². The van der Waals surface area contributed by atoms with Crippen molar-refractivity contribution in [2.45, 2.75) is 50.3 Å². The van der Waals surface area contributed by atoms with Gasteiger partial charge in [0, 0.05) is 32.9 Å². The number of alkyl halides is 3. The summed E-state index contributed by atoms with van der Waals surface area (Å²) in [6, 6.07) is 35.6. The Labute approximate surface area is 289 Å². The first-order valence-corrected chi connectivity index (χ1v) is 17.0. The number of halogens is 3. The molecule has 0 saturated heterocycles. The summed E-state index contributed by atoms with van der Waals surface area (Å²) < 4.78 is 55.0. The number of rotatable bonds is 3. The molecule has 1 unspecified atom stereocenters. The van der Waals surface area contributed by atoms with Crippen LogP contribution in [-0.4, -0.2) is 7.11 Å². The molecule has 0 aromatic heterocycles. The third-order valence-corrected chi connectivity index (χ3v) is 11.4. The van der Waals surface area contributed by atoms with E-state index in [4.69, 9.17) is 9.47 Å². The standard InChI is InChI=1S/C45H35F3O2/c1-42(2)36-13-9-8-10-30(36)31-20-16-27(24-37(31)42)44(26-14-18-29(49-5)19-15-26)23-22-35-40-39(32-11-6-7-12-33(32)41(35)50-44)34-21-17-28(45(46,47)48)25-38(34)43(40,3)4/h6-25H,1-5H3. The van der Waals surface area contributed by atoms with Crippen molar-refractivity contribution in [3.8, 4) is 33.8 Å². The van der Waals surface area contributed by atoms with Gasteiger partial charge >= 0.3 is 6.18 Å². The highest BCUT2D eigenvalue weighted by atomic mass is 19.4. The van der Waals surface area contributed by atoms with E-state index in [-0.39, 0.29) is 5.41 Å². The van der Waals surface area contributed by atoms with Crippen molar-refractivity contribution < 1.29 is 22.6 Å². The highest BCUT2D eigenvalue weighted by Crippen LogP contribution is 2.59. The zero-order chi connectivity index (χ0) is 34.8. The molecule has 1 aliphatic heterocycles. The zero-order valence-electron chi connectivity index (χ0n) is 28.5. The van der Waals surface area contributed by atoms with Crippen molar-refractivity contribution in [3.05, 3.63) is 160 Å². The maximum Gasteiger partial charge on any atom is 0.416 e. The topological polar surface area (TPSA) is 18.5 Å². The Kier molecular flexibility index (Phi) is 6.23. The monoisotopic (exact) mass is 664 g/mol. The van der Waals surface area contributed by atoms with Gasteiger partial charge in [0.2, 0.25) is 0 Å². The number of ether oxygens (including phenoxy) is 2. The maximum atomic E-state index is 14.0. The molecule has 6 aromatic carbocycles. The molecule has 1 atom stereocenters. The lowest BCUT2D eigenvalue weighted by Gasteiger charge is -2.39. The Hall–Kier alpha value is -5.29. The van der Waals surface area contributed by atoms with Crippen LogP contribution in [-0.2, 0) is 22.6 Å². The van der Waals surface area contributed by atoms with Crippen molar-refractivity contribution in [1.29, 1.82) is 0 Å². The summed E-state index contributed by atoms with van der Waals surface area (Å²) in [6.07, 6.45) is -0.170. The number of hydrogen-bond donors (Lipinski definition) is 0.